The fraction of sp³-hybridized carbons (Fsp3) is 0.333. The summed E-state index contributed by atoms with van der Waals surface area (Å²) < 4.78 is 0. The molecule has 0 unspecified atom stereocenters. The van der Waals surface area contributed by atoms with E-state index in [0.717, 1.165) is 12.0 Å². The van der Waals surface area contributed by atoms with Gasteiger partial charge >= 0.3 is 0 Å². The van der Waals surface area contributed by atoms with Crippen molar-refractivity contribution in [1.29, 1.82) is 0 Å². The summed E-state index contributed by atoms with van der Waals surface area (Å²) in [6, 6.07) is 20.7. The first-order valence-electron chi connectivity index (χ1n) is 7.30. The summed E-state index contributed by atoms with van der Waals surface area (Å²) in [5.41, 5.74) is 1.55. The molecule has 0 fully saturated rings. The zero-order chi connectivity index (χ0) is 14.6. The molecule has 0 aliphatic rings. The van der Waals surface area contributed by atoms with E-state index in [9.17, 15) is 5.11 Å². The molecular weight excluding hydrogens is 260 g/mol. The van der Waals surface area contributed by atoms with Crippen molar-refractivity contribution in [3.8, 4) is 0 Å². The second-order valence-electron chi connectivity index (χ2n) is 6.15. The number of hydrogen-bond donors (Lipinski definition) is 1. The van der Waals surface area contributed by atoms with E-state index in [2.05, 4.69) is 50.3 Å². The lowest BCUT2D eigenvalue weighted by Gasteiger charge is -2.32. The lowest BCUT2D eigenvalue weighted by atomic mass is 10.1. The Hall–Kier alpha value is -1.38. The Balaban J connectivity index is 2.10. The quantitative estimate of drug-likeness (QED) is 0.819. The van der Waals surface area contributed by atoms with Gasteiger partial charge in [0.1, 0.15) is 0 Å². The molecule has 0 bridgehead atoms. The lowest BCUT2D eigenvalue weighted by molar-refractivity contribution is 0.166. The predicted octanol–water partition coefficient (Wildman–Crippen LogP) is 4.12. The van der Waals surface area contributed by atoms with E-state index >= 15 is 0 Å². The largest absolute Gasteiger partial charge is 0.388 e. The van der Waals surface area contributed by atoms with Crippen LogP contribution in [0.25, 0.3) is 0 Å². The van der Waals surface area contributed by atoms with Crippen molar-refractivity contribution < 1.29 is 5.11 Å². The van der Waals surface area contributed by atoms with Crippen molar-refractivity contribution in [1.82, 2.24) is 0 Å². The minimum Gasteiger partial charge on any atom is -0.388 e. The molecule has 0 aliphatic carbocycles. The Morgan fingerprint density at radius 1 is 0.900 bits per heavy atom. The average molecular weight is 284 g/mol. The van der Waals surface area contributed by atoms with Crippen molar-refractivity contribution in [3.63, 3.8) is 0 Å². The molecular formula is C18H24OSi. The SMILES string of the molecule is C[C@H](C[C@H](O)c1ccccc1)[Si](C)(C)c1ccccc1. The predicted molar refractivity (Wildman–Crippen MR) is 89.0 cm³/mol. The molecule has 2 atom stereocenters. The first-order valence-corrected chi connectivity index (χ1v) is 10.4. The molecule has 20 heavy (non-hydrogen) atoms. The summed E-state index contributed by atoms with van der Waals surface area (Å²) in [7, 11) is -1.54. The Labute approximate surface area is 123 Å². The Kier molecular flexibility index (Phi) is 4.79. The molecule has 0 heterocycles. The van der Waals surface area contributed by atoms with Crippen LogP contribution in [-0.2, 0) is 0 Å². The maximum Gasteiger partial charge on any atom is 0.0835 e. The molecule has 1 nitrogen and oxygen atoms in total. The molecule has 0 spiro atoms. The fourth-order valence-corrected chi connectivity index (χ4v) is 5.03. The van der Waals surface area contributed by atoms with Crippen LogP contribution in [0.5, 0.6) is 0 Å². The van der Waals surface area contributed by atoms with E-state index < -0.39 is 8.07 Å². The third kappa shape index (κ3) is 3.38. The van der Waals surface area contributed by atoms with Crippen LogP contribution in [0.2, 0.25) is 18.6 Å². The van der Waals surface area contributed by atoms with Gasteiger partial charge in [-0.05, 0) is 17.5 Å². The summed E-state index contributed by atoms with van der Waals surface area (Å²) in [4.78, 5) is 0. The summed E-state index contributed by atoms with van der Waals surface area (Å²) in [5.74, 6) is 0. The highest BCUT2D eigenvalue weighted by atomic mass is 28.3. The van der Waals surface area contributed by atoms with Gasteiger partial charge in [0, 0.05) is 0 Å². The monoisotopic (exact) mass is 284 g/mol. The van der Waals surface area contributed by atoms with Crippen molar-refractivity contribution in [3.05, 3.63) is 66.2 Å². The Morgan fingerprint density at radius 2 is 1.40 bits per heavy atom. The Morgan fingerprint density at radius 3 is 1.95 bits per heavy atom. The standard InChI is InChI=1S/C18H24OSi/c1-15(14-18(19)16-10-6-4-7-11-16)20(2,3)17-12-8-5-9-13-17/h4-13,15,18-19H,14H2,1-3H3/t15-,18+/m1/s1. The summed E-state index contributed by atoms with van der Waals surface area (Å²) in [6.07, 6.45) is 0.472. The van der Waals surface area contributed by atoms with E-state index in [1.54, 1.807) is 0 Å². The maximum atomic E-state index is 10.4. The van der Waals surface area contributed by atoms with Crippen molar-refractivity contribution in [2.45, 2.75) is 38.1 Å². The van der Waals surface area contributed by atoms with Crippen molar-refractivity contribution in [2.75, 3.05) is 0 Å². The minimum absolute atomic E-state index is 0.360. The van der Waals surface area contributed by atoms with Gasteiger partial charge in [-0.3, -0.25) is 0 Å². The highest BCUT2D eigenvalue weighted by Crippen LogP contribution is 2.31. The van der Waals surface area contributed by atoms with Gasteiger partial charge in [0.15, 0.2) is 0 Å². The van der Waals surface area contributed by atoms with E-state index in [4.69, 9.17) is 0 Å². The molecule has 106 valence electrons. The summed E-state index contributed by atoms with van der Waals surface area (Å²) in [6.45, 7) is 7.07. The van der Waals surface area contributed by atoms with Crippen LogP contribution in [0.1, 0.15) is 25.0 Å². The highest BCUT2D eigenvalue weighted by molar-refractivity contribution is 6.90. The minimum atomic E-state index is -1.54. The van der Waals surface area contributed by atoms with Crippen molar-refractivity contribution >= 4 is 13.3 Å². The van der Waals surface area contributed by atoms with Gasteiger partial charge < -0.3 is 5.11 Å². The number of aliphatic hydroxyl groups is 1. The molecule has 0 saturated carbocycles. The van der Waals surface area contributed by atoms with Crippen LogP contribution in [0.15, 0.2) is 60.7 Å². The van der Waals surface area contributed by atoms with E-state index in [1.165, 1.54) is 5.19 Å². The molecule has 0 aliphatic heterocycles. The zero-order valence-electron chi connectivity index (χ0n) is 12.6. The second-order valence-corrected chi connectivity index (χ2v) is 11.2. The normalized spacial score (nSPS) is 14.8. The van der Waals surface area contributed by atoms with Gasteiger partial charge in [-0.25, -0.2) is 0 Å². The van der Waals surface area contributed by atoms with Crippen LogP contribution in [0.3, 0.4) is 0 Å². The average Bonchev–Trinajstić information content (AvgIpc) is 2.49. The van der Waals surface area contributed by atoms with Crippen LogP contribution >= 0.6 is 0 Å². The van der Waals surface area contributed by atoms with Crippen LogP contribution in [0, 0.1) is 0 Å². The van der Waals surface area contributed by atoms with Crippen LogP contribution in [-0.4, -0.2) is 13.2 Å². The molecule has 0 amide bonds. The lowest BCUT2D eigenvalue weighted by Crippen LogP contribution is -2.45. The van der Waals surface area contributed by atoms with Crippen LogP contribution < -0.4 is 5.19 Å². The van der Waals surface area contributed by atoms with Gasteiger partial charge in [-0.1, -0.05) is 85.9 Å². The van der Waals surface area contributed by atoms with E-state index in [-0.39, 0.29) is 6.10 Å². The Bertz CT molecular complexity index is 522. The van der Waals surface area contributed by atoms with Gasteiger partial charge in [0.25, 0.3) is 0 Å². The van der Waals surface area contributed by atoms with Gasteiger partial charge in [0.05, 0.1) is 14.2 Å². The fourth-order valence-electron chi connectivity index (χ4n) is 2.59. The number of rotatable bonds is 5. The van der Waals surface area contributed by atoms with Gasteiger partial charge in [-0.2, -0.15) is 0 Å². The second kappa shape index (κ2) is 6.38. The first-order chi connectivity index (χ1) is 9.51. The molecule has 1 N–H and O–H groups in total. The number of hydrogen-bond acceptors (Lipinski definition) is 1. The molecule has 0 aromatic heterocycles. The molecule has 0 saturated heterocycles. The van der Waals surface area contributed by atoms with E-state index in [1.807, 2.05) is 30.3 Å². The summed E-state index contributed by atoms with van der Waals surface area (Å²) >= 11 is 0. The zero-order valence-corrected chi connectivity index (χ0v) is 13.6. The number of aliphatic hydroxyl groups excluding tert-OH is 1. The van der Waals surface area contributed by atoms with Gasteiger partial charge in [0.2, 0.25) is 0 Å². The molecule has 2 heteroatoms. The molecule has 2 rings (SSSR count). The first kappa shape index (κ1) is 15.0. The maximum absolute atomic E-state index is 10.4. The van der Waals surface area contributed by atoms with E-state index in [0.29, 0.717) is 5.54 Å². The third-order valence-electron chi connectivity index (χ3n) is 4.51. The smallest absolute Gasteiger partial charge is 0.0835 e. The molecule has 2 aromatic carbocycles. The van der Waals surface area contributed by atoms with Crippen LogP contribution in [0.4, 0.5) is 0 Å². The topological polar surface area (TPSA) is 20.2 Å². The molecule has 0 radical (unpaired) electrons. The third-order valence-corrected chi connectivity index (χ3v) is 9.03. The number of benzene rings is 2. The van der Waals surface area contributed by atoms with Gasteiger partial charge in [-0.15, -0.1) is 0 Å². The highest BCUT2D eigenvalue weighted by Gasteiger charge is 2.31. The van der Waals surface area contributed by atoms with Crippen molar-refractivity contribution in [2.24, 2.45) is 0 Å². The summed E-state index contributed by atoms with van der Waals surface area (Å²) in [5, 5.41) is 11.9. The molecule has 2 aromatic rings.